The predicted octanol–water partition coefficient (Wildman–Crippen LogP) is 3.64. The standard InChI is InChI=1S/C14H22ClN/c1-10-8-11(2)13(4)14(12(10)3)9-16-7-5-6-15/h8,16H,5-7,9H2,1-4H3. The van der Waals surface area contributed by atoms with Crippen LogP contribution < -0.4 is 5.32 Å². The monoisotopic (exact) mass is 239 g/mol. The molecule has 0 bridgehead atoms. The van der Waals surface area contributed by atoms with E-state index in [0.29, 0.717) is 0 Å². The molecule has 0 radical (unpaired) electrons. The number of halogens is 1. The van der Waals surface area contributed by atoms with Gasteiger partial charge in [-0.3, -0.25) is 0 Å². The van der Waals surface area contributed by atoms with Gasteiger partial charge < -0.3 is 5.32 Å². The summed E-state index contributed by atoms with van der Waals surface area (Å²) >= 11 is 5.66. The van der Waals surface area contributed by atoms with Crippen LogP contribution in [0, 0.1) is 27.7 Å². The third kappa shape index (κ3) is 3.23. The Bertz CT molecular complexity index is 332. The number of nitrogens with one attached hydrogen (secondary N) is 1. The quantitative estimate of drug-likeness (QED) is 0.611. The number of benzene rings is 1. The molecular formula is C14H22ClN. The van der Waals surface area contributed by atoms with E-state index < -0.39 is 0 Å². The molecule has 0 unspecified atom stereocenters. The molecule has 0 saturated heterocycles. The average molecular weight is 240 g/mol. The van der Waals surface area contributed by atoms with Crippen molar-refractivity contribution in [2.45, 2.75) is 40.7 Å². The van der Waals surface area contributed by atoms with Gasteiger partial charge in [0.1, 0.15) is 0 Å². The highest BCUT2D eigenvalue weighted by Gasteiger charge is 2.07. The van der Waals surface area contributed by atoms with E-state index in [1.165, 1.54) is 27.8 Å². The van der Waals surface area contributed by atoms with Crippen molar-refractivity contribution in [2.75, 3.05) is 12.4 Å². The van der Waals surface area contributed by atoms with Crippen molar-refractivity contribution >= 4 is 11.6 Å². The van der Waals surface area contributed by atoms with E-state index in [9.17, 15) is 0 Å². The van der Waals surface area contributed by atoms with Gasteiger partial charge in [-0.05, 0) is 68.5 Å². The highest BCUT2D eigenvalue weighted by atomic mass is 35.5. The molecular weight excluding hydrogens is 218 g/mol. The van der Waals surface area contributed by atoms with Crippen molar-refractivity contribution in [2.24, 2.45) is 0 Å². The van der Waals surface area contributed by atoms with Crippen LogP contribution in [-0.2, 0) is 6.54 Å². The summed E-state index contributed by atoms with van der Waals surface area (Å²) in [6, 6.07) is 2.27. The molecule has 90 valence electrons. The third-order valence-corrected chi connectivity index (χ3v) is 3.58. The van der Waals surface area contributed by atoms with E-state index >= 15 is 0 Å². The molecule has 0 spiro atoms. The van der Waals surface area contributed by atoms with Crippen LogP contribution in [0.4, 0.5) is 0 Å². The second-order valence-corrected chi connectivity index (χ2v) is 4.84. The molecule has 1 aromatic rings. The fraction of sp³-hybridized carbons (Fsp3) is 0.571. The normalized spacial score (nSPS) is 10.8. The first-order valence-corrected chi connectivity index (χ1v) is 6.44. The molecule has 16 heavy (non-hydrogen) atoms. The van der Waals surface area contributed by atoms with Crippen molar-refractivity contribution in [3.05, 3.63) is 33.9 Å². The van der Waals surface area contributed by atoms with Crippen molar-refractivity contribution in [3.8, 4) is 0 Å². The number of hydrogen-bond donors (Lipinski definition) is 1. The molecule has 0 saturated carbocycles. The maximum atomic E-state index is 5.66. The minimum atomic E-state index is 0.734. The van der Waals surface area contributed by atoms with Crippen LogP contribution >= 0.6 is 11.6 Å². The Morgan fingerprint density at radius 2 is 1.62 bits per heavy atom. The van der Waals surface area contributed by atoms with Crippen molar-refractivity contribution in [1.29, 1.82) is 0 Å². The van der Waals surface area contributed by atoms with Gasteiger partial charge in [-0.2, -0.15) is 0 Å². The first-order chi connectivity index (χ1) is 7.57. The van der Waals surface area contributed by atoms with Gasteiger partial charge in [-0.15, -0.1) is 11.6 Å². The molecule has 0 atom stereocenters. The fourth-order valence-corrected chi connectivity index (χ4v) is 2.10. The van der Waals surface area contributed by atoms with Crippen LogP contribution in [0.25, 0.3) is 0 Å². The molecule has 0 aliphatic heterocycles. The summed E-state index contributed by atoms with van der Waals surface area (Å²) < 4.78 is 0. The minimum Gasteiger partial charge on any atom is -0.313 e. The number of alkyl halides is 1. The fourth-order valence-electron chi connectivity index (χ4n) is 1.97. The second-order valence-electron chi connectivity index (χ2n) is 4.46. The van der Waals surface area contributed by atoms with Crippen LogP contribution in [0.2, 0.25) is 0 Å². The van der Waals surface area contributed by atoms with Gasteiger partial charge >= 0.3 is 0 Å². The molecule has 0 aromatic heterocycles. The average Bonchev–Trinajstić information content (AvgIpc) is 2.25. The summed E-state index contributed by atoms with van der Waals surface area (Å²) in [5.74, 6) is 0.734. The summed E-state index contributed by atoms with van der Waals surface area (Å²) in [6.07, 6.45) is 1.03. The van der Waals surface area contributed by atoms with E-state index in [1.54, 1.807) is 0 Å². The largest absolute Gasteiger partial charge is 0.313 e. The van der Waals surface area contributed by atoms with Crippen LogP contribution in [0.1, 0.15) is 34.2 Å². The Kier molecular flexibility index (Phi) is 5.30. The molecule has 1 N–H and O–H groups in total. The zero-order chi connectivity index (χ0) is 12.1. The maximum Gasteiger partial charge on any atom is 0.0235 e. The summed E-state index contributed by atoms with van der Waals surface area (Å²) in [7, 11) is 0. The van der Waals surface area contributed by atoms with E-state index in [0.717, 1.165) is 25.4 Å². The molecule has 1 nitrogen and oxygen atoms in total. The molecule has 0 amide bonds. The van der Waals surface area contributed by atoms with Crippen molar-refractivity contribution in [1.82, 2.24) is 5.32 Å². The van der Waals surface area contributed by atoms with Crippen LogP contribution in [0.3, 0.4) is 0 Å². The molecule has 1 rings (SSSR count). The molecule has 1 aromatic carbocycles. The first kappa shape index (κ1) is 13.5. The Balaban J connectivity index is 2.78. The zero-order valence-corrected chi connectivity index (χ0v) is 11.5. The van der Waals surface area contributed by atoms with Crippen molar-refractivity contribution < 1.29 is 0 Å². The Hall–Kier alpha value is -0.530. The first-order valence-electron chi connectivity index (χ1n) is 5.91. The van der Waals surface area contributed by atoms with Gasteiger partial charge in [-0.1, -0.05) is 6.07 Å². The Morgan fingerprint density at radius 1 is 1.06 bits per heavy atom. The molecule has 2 heteroatoms. The molecule has 0 aliphatic rings. The smallest absolute Gasteiger partial charge is 0.0235 e. The number of aryl methyl sites for hydroxylation is 2. The summed E-state index contributed by atoms with van der Waals surface area (Å²) in [6.45, 7) is 10.7. The van der Waals surface area contributed by atoms with E-state index in [-0.39, 0.29) is 0 Å². The van der Waals surface area contributed by atoms with E-state index in [4.69, 9.17) is 11.6 Å². The zero-order valence-electron chi connectivity index (χ0n) is 10.8. The van der Waals surface area contributed by atoms with Gasteiger partial charge in [0.05, 0.1) is 0 Å². The highest BCUT2D eigenvalue weighted by Crippen LogP contribution is 2.21. The van der Waals surface area contributed by atoms with Gasteiger partial charge in [0, 0.05) is 12.4 Å². The lowest BCUT2D eigenvalue weighted by Gasteiger charge is -2.15. The minimum absolute atomic E-state index is 0.734. The summed E-state index contributed by atoms with van der Waals surface area (Å²) in [5, 5.41) is 3.45. The summed E-state index contributed by atoms with van der Waals surface area (Å²) in [5.41, 5.74) is 7.06. The number of rotatable bonds is 5. The van der Waals surface area contributed by atoms with Gasteiger partial charge in [0.2, 0.25) is 0 Å². The molecule has 0 fully saturated rings. The topological polar surface area (TPSA) is 12.0 Å². The number of hydrogen-bond acceptors (Lipinski definition) is 1. The van der Waals surface area contributed by atoms with Crippen LogP contribution in [0.5, 0.6) is 0 Å². The lowest BCUT2D eigenvalue weighted by molar-refractivity contribution is 0.672. The predicted molar refractivity (Wildman–Crippen MR) is 72.4 cm³/mol. The van der Waals surface area contributed by atoms with Gasteiger partial charge in [-0.25, -0.2) is 0 Å². The maximum absolute atomic E-state index is 5.66. The molecule has 0 aliphatic carbocycles. The van der Waals surface area contributed by atoms with Gasteiger partial charge in [0.25, 0.3) is 0 Å². The Morgan fingerprint density at radius 3 is 2.12 bits per heavy atom. The third-order valence-electron chi connectivity index (χ3n) is 3.31. The van der Waals surface area contributed by atoms with E-state index in [1.807, 2.05) is 0 Å². The lowest BCUT2D eigenvalue weighted by atomic mass is 9.94. The summed E-state index contributed by atoms with van der Waals surface area (Å²) in [4.78, 5) is 0. The van der Waals surface area contributed by atoms with Crippen LogP contribution in [0.15, 0.2) is 6.07 Å². The highest BCUT2D eigenvalue weighted by molar-refractivity contribution is 6.17. The Labute approximate surface area is 104 Å². The van der Waals surface area contributed by atoms with Crippen molar-refractivity contribution in [3.63, 3.8) is 0 Å². The SMILES string of the molecule is Cc1cc(C)c(C)c(CNCCCCl)c1C. The van der Waals surface area contributed by atoms with Crippen LogP contribution in [-0.4, -0.2) is 12.4 Å². The van der Waals surface area contributed by atoms with E-state index in [2.05, 4.69) is 39.1 Å². The lowest BCUT2D eigenvalue weighted by Crippen LogP contribution is -2.17. The second kappa shape index (κ2) is 6.27. The molecule has 0 heterocycles. The van der Waals surface area contributed by atoms with Gasteiger partial charge in [0.15, 0.2) is 0 Å².